The van der Waals surface area contributed by atoms with Crippen LogP contribution in [-0.2, 0) is 24.3 Å². The van der Waals surface area contributed by atoms with Crippen molar-refractivity contribution in [3.63, 3.8) is 0 Å². The van der Waals surface area contributed by atoms with Crippen molar-refractivity contribution in [2.45, 2.75) is 46.7 Å². The quantitative estimate of drug-likeness (QED) is 0.338. The molecule has 0 aliphatic rings. The maximum absolute atomic E-state index is 13.9. The number of amides is 1. The van der Waals surface area contributed by atoms with Gasteiger partial charge >= 0.3 is 5.69 Å². The summed E-state index contributed by atoms with van der Waals surface area (Å²) in [4.78, 5) is 41.5. The summed E-state index contributed by atoms with van der Waals surface area (Å²) in [6.07, 6.45) is 4.55. The Balaban J connectivity index is 0.000000983. The van der Waals surface area contributed by atoms with Gasteiger partial charge < -0.3 is 14.7 Å². The van der Waals surface area contributed by atoms with Crippen LogP contribution in [0, 0.1) is 12.7 Å². The zero-order valence-corrected chi connectivity index (χ0v) is 23.6. The third kappa shape index (κ3) is 6.45. The van der Waals surface area contributed by atoms with Crippen LogP contribution in [0.25, 0.3) is 15.2 Å². The van der Waals surface area contributed by atoms with Gasteiger partial charge in [-0.1, -0.05) is 18.3 Å². The molecule has 39 heavy (non-hydrogen) atoms. The molecule has 0 spiro atoms. The van der Waals surface area contributed by atoms with Crippen LogP contribution in [0.15, 0.2) is 46.2 Å². The van der Waals surface area contributed by atoms with Crippen molar-refractivity contribution >= 4 is 27.5 Å². The molecular formula is C27H34FN5O5S. The maximum atomic E-state index is 13.9. The molecule has 0 saturated heterocycles. The SMILES string of the molecule is CCCO.CCN(C)C(=O)Cn1c(=O)c2c(C)c(-n3cccn3)sc2n(CCc2cc(F)ccc2OC)c1=O. The second kappa shape index (κ2) is 13.3. The fraction of sp³-hybridized carbons (Fsp3) is 0.407. The number of rotatable bonds is 9. The first kappa shape index (κ1) is 29.8. The fourth-order valence-electron chi connectivity index (χ4n) is 3.93. The number of carbonyl (C=O) groups is 1. The minimum Gasteiger partial charge on any atom is -0.496 e. The number of aromatic nitrogens is 4. The van der Waals surface area contributed by atoms with Crippen molar-refractivity contribution in [3.8, 4) is 10.8 Å². The summed E-state index contributed by atoms with van der Waals surface area (Å²) in [6.45, 7) is 6.10. The number of benzene rings is 1. The number of methoxy groups -OCH3 is 1. The van der Waals surface area contributed by atoms with Crippen molar-refractivity contribution < 1.29 is 19.0 Å². The number of hydrogen-bond acceptors (Lipinski definition) is 7. The van der Waals surface area contributed by atoms with Gasteiger partial charge in [-0.2, -0.15) is 5.10 Å². The highest BCUT2D eigenvalue weighted by atomic mass is 32.1. The molecule has 0 radical (unpaired) electrons. The third-order valence-electron chi connectivity index (χ3n) is 6.25. The van der Waals surface area contributed by atoms with Gasteiger partial charge in [0.2, 0.25) is 5.91 Å². The van der Waals surface area contributed by atoms with E-state index in [1.54, 1.807) is 37.1 Å². The summed E-state index contributed by atoms with van der Waals surface area (Å²) >= 11 is 1.27. The number of fused-ring (bicyclic) bond motifs is 1. The molecule has 0 unspecified atom stereocenters. The lowest BCUT2D eigenvalue weighted by atomic mass is 10.1. The van der Waals surface area contributed by atoms with E-state index in [9.17, 15) is 18.8 Å². The number of nitrogens with zero attached hydrogens (tertiary/aromatic N) is 5. The summed E-state index contributed by atoms with van der Waals surface area (Å²) in [5.74, 6) is -0.252. The Bertz CT molecular complexity index is 1540. The molecule has 0 saturated carbocycles. The Kier molecular flexibility index (Phi) is 10.2. The number of aryl methyl sites for hydroxylation is 3. The van der Waals surface area contributed by atoms with Gasteiger partial charge in [0.15, 0.2) is 0 Å². The van der Waals surface area contributed by atoms with Gasteiger partial charge in [-0.25, -0.2) is 13.9 Å². The molecule has 10 nitrogen and oxygen atoms in total. The normalized spacial score (nSPS) is 10.8. The molecule has 3 aromatic heterocycles. The van der Waals surface area contributed by atoms with Crippen molar-refractivity contribution in [1.82, 2.24) is 23.8 Å². The lowest BCUT2D eigenvalue weighted by Gasteiger charge is -2.17. The number of aliphatic hydroxyl groups excluding tert-OH is 1. The predicted octanol–water partition coefficient (Wildman–Crippen LogP) is 2.98. The largest absolute Gasteiger partial charge is 0.496 e. The van der Waals surface area contributed by atoms with Crippen LogP contribution < -0.4 is 16.0 Å². The highest BCUT2D eigenvalue weighted by molar-refractivity contribution is 7.21. The minimum atomic E-state index is -0.594. The zero-order valence-electron chi connectivity index (χ0n) is 22.8. The highest BCUT2D eigenvalue weighted by Gasteiger charge is 2.23. The molecule has 4 aromatic rings. The molecule has 1 N–H and O–H groups in total. The summed E-state index contributed by atoms with van der Waals surface area (Å²) in [5.41, 5.74) is 0.145. The number of ether oxygens (including phenoxy) is 1. The van der Waals surface area contributed by atoms with E-state index in [4.69, 9.17) is 9.84 Å². The number of thiophene rings is 1. The monoisotopic (exact) mass is 559 g/mol. The minimum absolute atomic E-state index is 0.158. The molecule has 0 aliphatic heterocycles. The standard InChI is InChI=1S/C24H26FN5O4S.C3H8O/c1-5-27(3)19(31)14-29-21(32)20-15(2)22(30-11-6-10-26-30)35-23(20)28(24(29)33)12-9-16-13-17(25)7-8-18(16)34-4;1-2-3-4/h6-8,10-11,13H,5,9,12,14H2,1-4H3;4H,2-3H2,1H3. The fourth-order valence-corrected chi connectivity index (χ4v) is 5.20. The first-order valence-electron chi connectivity index (χ1n) is 12.6. The van der Waals surface area contributed by atoms with Crippen molar-refractivity contribution in [2.24, 2.45) is 0 Å². The molecule has 0 fully saturated rings. The summed E-state index contributed by atoms with van der Waals surface area (Å²) in [5, 5.41) is 13.2. The number of halogens is 1. The zero-order chi connectivity index (χ0) is 28.7. The first-order chi connectivity index (χ1) is 18.7. The second-order valence-corrected chi connectivity index (χ2v) is 9.80. The summed E-state index contributed by atoms with van der Waals surface area (Å²) in [7, 11) is 3.11. The first-order valence-corrected chi connectivity index (χ1v) is 13.4. The molecule has 3 heterocycles. The van der Waals surface area contributed by atoms with E-state index in [0.29, 0.717) is 45.2 Å². The topological polar surface area (TPSA) is 112 Å². The maximum Gasteiger partial charge on any atom is 0.332 e. The number of carbonyl (C=O) groups excluding carboxylic acids is 1. The van der Waals surface area contributed by atoms with Gasteiger partial charge in [0.05, 0.1) is 12.5 Å². The number of aliphatic hydroxyl groups is 1. The van der Waals surface area contributed by atoms with E-state index in [1.807, 2.05) is 13.8 Å². The van der Waals surface area contributed by atoms with Crippen molar-refractivity contribution in [3.05, 3.63) is 74.4 Å². The van der Waals surface area contributed by atoms with Crippen molar-refractivity contribution in [2.75, 3.05) is 27.3 Å². The molecule has 1 amide bonds. The van der Waals surface area contributed by atoms with Gasteiger partial charge in [-0.3, -0.25) is 18.7 Å². The average Bonchev–Trinajstić information content (AvgIpc) is 3.58. The highest BCUT2D eigenvalue weighted by Crippen LogP contribution is 2.31. The van der Waals surface area contributed by atoms with Gasteiger partial charge in [-0.05, 0) is 56.5 Å². The van der Waals surface area contributed by atoms with Crippen LogP contribution in [0.1, 0.15) is 31.4 Å². The van der Waals surface area contributed by atoms with Gasteiger partial charge in [-0.15, -0.1) is 0 Å². The molecule has 0 bridgehead atoms. The number of hydrogen-bond donors (Lipinski definition) is 1. The lowest BCUT2D eigenvalue weighted by Crippen LogP contribution is -2.44. The predicted molar refractivity (Wildman–Crippen MR) is 150 cm³/mol. The third-order valence-corrected chi connectivity index (χ3v) is 7.55. The molecule has 4 rings (SSSR count). The molecule has 1 aromatic carbocycles. The van der Waals surface area contributed by atoms with E-state index < -0.39 is 17.1 Å². The molecule has 12 heteroatoms. The van der Waals surface area contributed by atoms with E-state index in [-0.39, 0.29) is 25.4 Å². The van der Waals surface area contributed by atoms with E-state index >= 15 is 0 Å². The van der Waals surface area contributed by atoms with E-state index in [2.05, 4.69) is 5.10 Å². The van der Waals surface area contributed by atoms with Gasteiger partial charge in [0.25, 0.3) is 5.56 Å². The lowest BCUT2D eigenvalue weighted by molar-refractivity contribution is -0.130. The van der Waals surface area contributed by atoms with Crippen LogP contribution in [0.4, 0.5) is 4.39 Å². The van der Waals surface area contributed by atoms with E-state index in [0.717, 1.165) is 11.0 Å². The van der Waals surface area contributed by atoms with Gasteiger partial charge in [0, 0.05) is 44.7 Å². The second-order valence-electron chi connectivity index (χ2n) is 8.83. The smallest absolute Gasteiger partial charge is 0.332 e. The Morgan fingerprint density at radius 2 is 1.95 bits per heavy atom. The Morgan fingerprint density at radius 1 is 1.23 bits per heavy atom. The Morgan fingerprint density at radius 3 is 2.54 bits per heavy atom. The molecular weight excluding hydrogens is 525 g/mol. The van der Waals surface area contributed by atoms with Crippen LogP contribution in [0.3, 0.4) is 0 Å². The number of likely N-dealkylation sites (N-methyl/N-ethyl adjacent to an activating group) is 1. The summed E-state index contributed by atoms with van der Waals surface area (Å²) in [6, 6.07) is 5.98. The average molecular weight is 560 g/mol. The van der Waals surface area contributed by atoms with Crippen LogP contribution in [-0.4, -0.2) is 62.1 Å². The van der Waals surface area contributed by atoms with Crippen LogP contribution in [0.2, 0.25) is 0 Å². The van der Waals surface area contributed by atoms with Crippen LogP contribution >= 0.6 is 11.3 Å². The molecule has 0 aliphatic carbocycles. The molecule has 0 atom stereocenters. The summed E-state index contributed by atoms with van der Waals surface area (Å²) < 4.78 is 23.3. The molecule has 210 valence electrons. The van der Waals surface area contributed by atoms with Crippen molar-refractivity contribution in [1.29, 1.82) is 0 Å². The Hall–Kier alpha value is -3.77. The van der Waals surface area contributed by atoms with E-state index in [1.165, 1.54) is 46.1 Å². The Labute approximate surface area is 229 Å². The van der Waals surface area contributed by atoms with Gasteiger partial charge in [0.1, 0.15) is 27.9 Å². The van der Waals surface area contributed by atoms with Crippen LogP contribution in [0.5, 0.6) is 5.75 Å².